The monoisotopic (exact) mass is 1220 g/mol. The van der Waals surface area contributed by atoms with E-state index >= 15 is 0 Å². The number of aliphatic hydroxyl groups excluding tert-OH is 1. The molecule has 0 aromatic carbocycles. The molecule has 8 nitrogen and oxygen atoms in total. The van der Waals surface area contributed by atoms with Crippen molar-refractivity contribution in [2.45, 2.75) is 405 Å². The summed E-state index contributed by atoms with van der Waals surface area (Å²) in [6, 6.07) is -0.759. The Labute approximate surface area is 531 Å². The largest absolute Gasteiger partial charge is 0.472 e. The molecule has 0 heterocycles. The van der Waals surface area contributed by atoms with Crippen LogP contribution in [-0.4, -0.2) is 73.4 Å². The molecule has 504 valence electrons. The molecule has 0 aromatic rings. The van der Waals surface area contributed by atoms with Crippen LogP contribution < -0.4 is 5.32 Å². The van der Waals surface area contributed by atoms with Crippen LogP contribution in [0, 0.1) is 0 Å². The van der Waals surface area contributed by atoms with Crippen molar-refractivity contribution in [1.82, 2.24) is 5.32 Å². The average molecular weight is 1220 g/mol. The van der Waals surface area contributed by atoms with Crippen LogP contribution in [0.2, 0.25) is 0 Å². The molecule has 0 saturated carbocycles. The summed E-state index contributed by atoms with van der Waals surface area (Å²) in [5, 5.41) is 14.2. The minimum Gasteiger partial charge on any atom is -0.391 e. The topological polar surface area (TPSA) is 105 Å². The fraction of sp³-hybridized carbons (Fsp3) is 0.908. The summed E-state index contributed by atoms with van der Waals surface area (Å²) in [5.41, 5.74) is 0. The number of allylic oxidation sites excluding steroid dienone is 6. The van der Waals surface area contributed by atoms with Crippen LogP contribution in [0.4, 0.5) is 0 Å². The normalized spacial score (nSPS) is 13.7. The van der Waals surface area contributed by atoms with E-state index in [0.29, 0.717) is 23.9 Å². The van der Waals surface area contributed by atoms with E-state index in [2.05, 4.69) is 55.6 Å². The minimum absolute atomic E-state index is 0.0777. The smallest absolute Gasteiger partial charge is 0.391 e. The molecule has 3 N–H and O–H groups in total. The standard InChI is InChI=1S/C76H149N2O6P/c1-6-8-10-12-14-16-18-20-22-24-26-28-30-31-32-33-34-35-36-37-38-39-40-41-42-43-44-45-46-47-48-50-52-54-56-58-60-62-64-66-68-70-76(80)77-74(73-84-85(81,82)83-72-71-78(3,4)5)75(79)69-67-65-63-61-59-57-55-53-51-49-29-27-25-23-21-19-17-15-13-11-9-7-2/h18,20,24,26,30-31,74-75,79H,6-17,19,21-23,25,27-29,32-73H2,1-5H3,(H-,77,80,81,82)/p+1/b20-18-,26-24-,31-30-. The first-order chi connectivity index (χ1) is 41.5. The van der Waals surface area contributed by atoms with Gasteiger partial charge < -0.3 is 19.8 Å². The zero-order chi connectivity index (χ0) is 61.9. The molecule has 3 unspecified atom stereocenters. The summed E-state index contributed by atoms with van der Waals surface area (Å²) >= 11 is 0. The number of amides is 1. The summed E-state index contributed by atoms with van der Waals surface area (Å²) in [6.45, 7) is 4.94. The Balaban J connectivity index is 3.88. The lowest BCUT2D eigenvalue weighted by atomic mass is 10.0. The molecule has 0 aliphatic heterocycles. The Kier molecular flexibility index (Phi) is 66.1. The number of nitrogens with one attached hydrogen (secondary N) is 1. The van der Waals surface area contributed by atoms with Gasteiger partial charge in [-0.25, -0.2) is 4.57 Å². The third-order valence-electron chi connectivity index (χ3n) is 17.6. The van der Waals surface area contributed by atoms with Crippen LogP contribution in [0.3, 0.4) is 0 Å². The molecule has 0 aromatic heterocycles. The fourth-order valence-electron chi connectivity index (χ4n) is 11.8. The van der Waals surface area contributed by atoms with Crippen LogP contribution in [0.1, 0.15) is 393 Å². The first-order valence-electron chi connectivity index (χ1n) is 37.9. The predicted octanol–water partition coefficient (Wildman–Crippen LogP) is 24.4. The van der Waals surface area contributed by atoms with Gasteiger partial charge >= 0.3 is 7.82 Å². The van der Waals surface area contributed by atoms with E-state index in [4.69, 9.17) is 9.05 Å². The third kappa shape index (κ3) is 70.0. The molecule has 0 fully saturated rings. The van der Waals surface area contributed by atoms with Gasteiger partial charge in [0.05, 0.1) is 39.9 Å². The van der Waals surface area contributed by atoms with Gasteiger partial charge in [-0.1, -0.05) is 371 Å². The van der Waals surface area contributed by atoms with Crippen molar-refractivity contribution in [2.75, 3.05) is 40.9 Å². The number of unbranched alkanes of at least 4 members (excludes halogenated alkanes) is 52. The van der Waals surface area contributed by atoms with Gasteiger partial charge in [-0.05, 0) is 51.4 Å². The van der Waals surface area contributed by atoms with Crippen molar-refractivity contribution >= 4 is 13.7 Å². The Bertz CT molecular complexity index is 1480. The zero-order valence-corrected chi connectivity index (χ0v) is 58.8. The van der Waals surface area contributed by atoms with Gasteiger partial charge in [-0.3, -0.25) is 13.8 Å². The maximum atomic E-state index is 13.1. The van der Waals surface area contributed by atoms with Gasteiger partial charge in [0, 0.05) is 6.42 Å². The lowest BCUT2D eigenvalue weighted by molar-refractivity contribution is -0.870. The highest BCUT2D eigenvalue weighted by Gasteiger charge is 2.28. The van der Waals surface area contributed by atoms with Gasteiger partial charge in [0.2, 0.25) is 5.91 Å². The molecule has 85 heavy (non-hydrogen) atoms. The second-order valence-electron chi connectivity index (χ2n) is 27.4. The number of aliphatic hydroxyl groups is 1. The van der Waals surface area contributed by atoms with Crippen LogP contribution >= 0.6 is 7.82 Å². The van der Waals surface area contributed by atoms with Gasteiger partial charge in [-0.2, -0.15) is 0 Å². The number of likely N-dealkylation sites (N-methyl/N-ethyl adjacent to an activating group) is 1. The van der Waals surface area contributed by atoms with Crippen molar-refractivity contribution in [2.24, 2.45) is 0 Å². The highest BCUT2D eigenvalue weighted by Crippen LogP contribution is 2.43. The van der Waals surface area contributed by atoms with Gasteiger partial charge in [0.15, 0.2) is 0 Å². The van der Waals surface area contributed by atoms with Crippen molar-refractivity contribution in [3.63, 3.8) is 0 Å². The zero-order valence-electron chi connectivity index (χ0n) is 57.9. The number of phosphoric acid groups is 1. The van der Waals surface area contributed by atoms with E-state index in [9.17, 15) is 19.4 Å². The molecule has 0 aliphatic rings. The van der Waals surface area contributed by atoms with E-state index in [-0.39, 0.29) is 19.1 Å². The molecular weight excluding hydrogens is 1070 g/mol. The first kappa shape index (κ1) is 83.7. The molecule has 0 radical (unpaired) electrons. The van der Waals surface area contributed by atoms with E-state index in [0.717, 1.165) is 51.4 Å². The Morgan fingerprint density at radius 3 is 0.976 bits per heavy atom. The second-order valence-corrected chi connectivity index (χ2v) is 28.8. The molecule has 9 heteroatoms. The second kappa shape index (κ2) is 67.1. The Morgan fingerprint density at radius 1 is 0.400 bits per heavy atom. The lowest BCUT2D eigenvalue weighted by Gasteiger charge is -2.26. The molecule has 0 rings (SSSR count). The number of hydrogen-bond donors (Lipinski definition) is 3. The number of quaternary nitrogens is 1. The SMILES string of the molecule is CCCCCCC/C=C\C/C=C\C/C=C\CCCCCCCCCCCCCCCCCCCCCCCCCCCCC(=O)NC(COP(=O)(O)OCC[N+](C)(C)C)C(O)CCCCCCCCCCCCCCCCCCCCCCCC. The van der Waals surface area contributed by atoms with Crippen molar-refractivity contribution in [1.29, 1.82) is 0 Å². The summed E-state index contributed by atoms with van der Waals surface area (Å²) in [4.78, 5) is 23.5. The third-order valence-corrected chi connectivity index (χ3v) is 18.6. The van der Waals surface area contributed by atoms with Crippen molar-refractivity contribution in [3.05, 3.63) is 36.5 Å². The molecule has 3 atom stereocenters. The summed E-state index contributed by atoms with van der Waals surface area (Å²) in [5.74, 6) is -0.135. The van der Waals surface area contributed by atoms with Crippen molar-refractivity contribution < 1.29 is 32.9 Å². The minimum atomic E-state index is -4.33. The highest BCUT2D eigenvalue weighted by molar-refractivity contribution is 7.47. The first-order valence-corrected chi connectivity index (χ1v) is 39.3. The maximum absolute atomic E-state index is 13.1. The number of rotatable bonds is 71. The summed E-state index contributed by atoms with van der Waals surface area (Å²) in [6.07, 6.45) is 89.9. The van der Waals surface area contributed by atoms with Gasteiger partial charge in [-0.15, -0.1) is 0 Å². The van der Waals surface area contributed by atoms with Gasteiger partial charge in [0.25, 0.3) is 0 Å². The molecule has 0 saturated heterocycles. The summed E-state index contributed by atoms with van der Waals surface area (Å²) in [7, 11) is 1.64. The Morgan fingerprint density at radius 2 is 0.671 bits per heavy atom. The van der Waals surface area contributed by atoms with Crippen LogP contribution in [0.15, 0.2) is 36.5 Å². The molecule has 0 aliphatic carbocycles. The predicted molar refractivity (Wildman–Crippen MR) is 374 cm³/mol. The number of phosphoric ester groups is 1. The maximum Gasteiger partial charge on any atom is 0.472 e. The molecule has 0 bridgehead atoms. The molecular formula is C76H150N2O6P+. The summed E-state index contributed by atoms with van der Waals surface area (Å²) < 4.78 is 23.9. The molecule has 0 spiro atoms. The fourth-order valence-corrected chi connectivity index (χ4v) is 12.5. The highest BCUT2D eigenvalue weighted by atomic mass is 31.2. The van der Waals surface area contributed by atoms with Crippen molar-refractivity contribution in [3.8, 4) is 0 Å². The number of carbonyl (C=O) groups is 1. The van der Waals surface area contributed by atoms with Gasteiger partial charge in [0.1, 0.15) is 13.2 Å². The quantitative estimate of drug-likeness (QED) is 0.0243. The van der Waals surface area contributed by atoms with E-state index in [1.807, 2.05) is 21.1 Å². The molecule has 1 amide bonds. The van der Waals surface area contributed by atoms with E-state index < -0.39 is 20.0 Å². The van der Waals surface area contributed by atoms with Crippen LogP contribution in [0.25, 0.3) is 0 Å². The number of nitrogens with zero attached hydrogens (tertiary/aromatic N) is 1. The number of carbonyl (C=O) groups excluding carboxylic acids is 1. The average Bonchev–Trinajstić information content (AvgIpc) is 3.48. The van der Waals surface area contributed by atoms with E-state index in [1.165, 1.54) is 315 Å². The number of hydrogen-bond acceptors (Lipinski definition) is 5. The van der Waals surface area contributed by atoms with Crippen LogP contribution in [-0.2, 0) is 18.4 Å². The van der Waals surface area contributed by atoms with E-state index in [1.54, 1.807) is 0 Å². The Hall–Kier alpha value is -1.28. The lowest BCUT2D eigenvalue weighted by Crippen LogP contribution is -2.46. The van der Waals surface area contributed by atoms with Crippen LogP contribution in [0.5, 0.6) is 0 Å².